The molecule has 0 aliphatic rings. The number of amides is 1. The lowest BCUT2D eigenvalue weighted by atomic mass is 10.3. The molecule has 0 bridgehead atoms. The minimum atomic E-state index is -4.23. The molecule has 0 aromatic rings. The fourth-order valence-electron chi connectivity index (χ4n) is 0.383. The molecule has 0 saturated heterocycles. The molecular weight excluding hydrogens is 159 g/mol. The maximum atomic E-state index is 11.4. The number of hydrogen-bond donors (Lipinski definition) is 1. The van der Waals surface area contributed by atoms with Crippen LogP contribution in [0.4, 0.5) is 13.2 Å². The van der Waals surface area contributed by atoms with Crippen LogP contribution in [-0.4, -0.2) is 19.1 Å². The molecule has 0 fully saturated rings. The largest absolute Gasteiger partial charge is 0.392 e. The minimum Gasteiger partial charge on any atom is -0.356 e. The average molecular weight is 167 g/mol. The van der Waals surface area contributed by atoms with Gasteiger partial charge in [0, 0.05) is 7.05 Å². The molecule has 0 spiro atoms. The number of alkyl halides is 3. The lowest BCUT2D eigenvalue weighted by molar-refractivity contribution is -0.125. The van der Waals surface area contributed by atoms with Crippen molar-refractivity contribution in [2.24, 2.45) is 0 Å². The van der Waals surface area contributed by atoms with Gasteiger partial charge in [-0.15, -0.1) is 0 Å². The van der Waals surface area contributed by atoms with Gasteiger partial charge in [-0.3, -0.25) is 4.79 Å². The number of carbonyl (C=O) groups is 1. The van der Waals surface area contributed by atoms with Crippen LogP contribution >= 0.6 is 0 Å². The molecule has 64 valence electrons. The number of allylic oxidation sites excluding steroid dienone is 1. The minimum absolute atomic E-state index is 0.533. The lowest BCUT2D eigenvalue weighted by Crippen LogP contribution is -2.14. The first-order valence-corrected chi connectivity index (χ1v) is 2.90. The highest BCUT2D eigenvalue weighted by molar-refractivity contribution is 5.87. The van der Waals surface area contributed by atoms with Gasteiger partial charge in [-0.2, -0.15) is 13.2 Å². The predicted molar refractivity (Wildman–Crippen MR) is 33.9 cm³/mol. The normalized spacial score (nSPS) is 12.0. The Morgan fingerprint density at radius 3 is 2.45 bits per heavy atom. The van der Waals surface area contributed by atoms with Gasteiger partial charge in [-0.25, -0.2) is 0 Å². The first-order valence-electron chi connectivity index (χ1n) is 2.90. The molecule has 1 amide bonds. The Balaban J connectivity index is 3.70. The second-order valence-corrected chi connectivity index (χ2v) is 1.84. The quantitative estimate of drug-likeness (QED) is 0.616. The molecule has 0 rings (SSSR count). The van der Waals surface area contributed by atoms with E-state index in [2.05, 4.69) is 5.32 Å². The third-order valence-electron chi connectivity index (χ3n) is 0.865. The Hall–Kier alpha value is -1.00. The maximum Gasteiger partial charge on any atom is 0.392 e. The summed E-state index contributed by atoms with van der Waals surface area (Å²) in [5.74, 6) is -0.533. The summed E-state index contributed by atoms with van der Waals surface area (Å²) in [4.78, 5) is 10.3. The summed E-state index contributed by atoms with van der Waals surface area (Å²) >= 11 is 0. The number of carbonyl (C=O) groups excluding carboxylic acids is 1. The molecule has 2 nitrogen and oxygen atoms in total. The molecule has 0 aromatic carbocycles. The van der Waals surface area contributed by atoms with Crippen LogP contribution < -0.4 is 5.32 Å². The summed E-state index contributed by atoms with van der Waals surface area (Å²) < 4.78 is 34.3. The van der Waals surface area contributed by atoms with Crippen molar-refractivity contribution in [1.82, 2.24) is 5.32 Å². The van der Waals surface area contributed by atoms with Crippen molar-refractivity contribution < 1.29 is 18.0 Å². The summed E-state index contributed by atoms with van der Waals surface area (Å²) in [6.07, 6.45) is -3.67. The van der Waals surface area contributed by atoms with Crippen LogP contribution in [0.2, 0.25) is 0 Å². The number of nitrogens with one attached hydrogen (secondary N) is 1. The third-order valence-corrected chi connectivity index (χ3v) is 0.865. The van der Waals surface area contributed by atoms with E-state index in [1.807, 2.05) is 0 Å². The van der Waals surface area contributed by atoms with Gasteiger partial charge in [-0.05, 0) is 6.08 Å². The van der Waals surface area contributed by atoms with Crippen molar-refractivity contribution >= 4 is 5.91 Å². The Morgan fingerprint density at radius 1 is 1.55 bits per heavy atom. The van der Waals surface area contributed by atoms with Crippen LogP contribution in [-0.2, 0) is 4.79 Å². The van der Waals surface area contributed by atoms with Crippen molar-refractivity contribution in [2.45, 2.75) is 12.6 Å². The fourth-order valence-corrected chi connectivity index (χ4v) is 0.383. The smallest absolute Gasteiger partial charge is 0.356 e. The predicted octanol–water partition coefficient (Wildman–Crippen LogP) is 1.24. The number of hydrogen-bond acceptors (Lipinski definition) is 1. The van der Waals surface area contributed by atoms with E-state index in [9.17, 15) is 18.0 Å². The zero-order chi connectivity index (χ0) is 8.91. The molecule has 0 aliphatic carbocycles. The third kappa shape index (κ3) is 6.89. The molecule has 0 radical (unpaired) electrons. The van der Waals surface area contributed by atoms with Crippen LogP contribution in [0.1, 0.15) is 6.42 Å². The second kappa shape index (κ2) is 4.00. The highest BCUT2D eigenvalue weighted by atomic mass is 19.4. The Kier molecular flexibility index (Phi) is 3.64. The van der Waals surface area contributed by atoms with E-state index in [0.717, 1.165) is 12.2 Å². The van der Waals surface area contributed by atoms with Gasteiger partial charge in [0.1, 0.15) is 0 Å². The summed E-state index contributed by atoms with van der Waals surface area (Å²) in [5.41, 5.74) is 0. The molecule has 5 heteroatoms. The number of rotatable bonds is 2. The molecule has 0 heterocycles. The topological polar surface area (TPSA) is 29.1 Å². The zero-order valence-electron chi connectivity index (χ0n) is 5.90. The fraction of sp³-hybridized carbons (Fsp3) is 0.500. The monoisotopic (exact) mass is 167 g/mol. The zero-order valence-corrected chi connectivity index (χ0v) is 5.90. The van der Waals surface area contributed by atoms with Crippen molar-refractivity contribution in [1.29, 1.82) is 0 Å². The van der Waals surface area contributed by atoms with E-state index in [0.29, 0.717) is 0 Å². The van der Waals surface area contributed by atoms with Gasteiger partial charge in [-0.1, -0.05) is 6.08 Å². The van der Waals surface area contributed by atoms with E-state index >= 15 is 0 Å². The summed E-state index contributed by atoms with van der Waals surface area (Å²) in [6.45, 7) is 0. The van der Waals surface area contributed by atoms with Gasteiger partial charge in [0.15, 0.2) is 0 Å². The molecule has 1 N–H and O–H groups in total. The van der Waals surface area contributed by atoms with E-state index in [1.54, 1.807) is 0 Å². The van der Waals surface area contributed by atoms with Gasteiger partial charge >= 0.3 is 6.18 Å². The molecule has 0 aromatic heterocycles. The van der Waals surface area contributed by atoms with Crippen molar-refractivity contribution in [3.05, 3.63) is 12.2 Å². The highest BCUT2D eigenvalue weighted by Crippen LogP contribution is 2.19. The molecule has 0 aliphatic heterocycles. The van der Waals surface area contributed by atoms with E-state index in [4.69, 9.17) is 0 Å². The second-order valence-electron chi connectivity index (χ2n) is 1.84. The summed E-state index contributed by atoms with van der Waals surface area (Å²) in [6, 6.07) is 0. The van der Waals surface area contributed by atoms with E-state index < -0.39 is 18.5 Å². The Bertz CT molecular complexity index is 162. The van der Waals surface area contributed by atoms with Crippen molar-refractivity contribution in [3.63, 3.8) is 0 Å². The van der Waals surface area contributed by atoms with Crippen LogP contribution in [0, 0.1) is 0 Å². The standard InChI is InChI=1S/C6H8F3NO/c1-10-5(11)3-2-4-6(7,8)9/h2-3H,4H2,1H3,(H,10,11). The van der Waals surface area contributed by atoms with Crippen LogP contribution in [0.15, 0.2) is 12.2 Å². The van der Waals surface area contributed by atoms with Crippen LogP contribution in [0.5, 0.6) is 0 Å². The van der Waals surface area contributed by atoms with Gasteiger partial charge in [0.05, 0.1) is 6.42 Å². The Morgan fingerprint density at radius 2 is 2.09 bits per heavy atom. The Labute approximate surface area is 62.1 Å². The molecule has 0 unspecified atom stereocenters. The molecule has 0 saturated carbocycles. The van der Waals surface area contributed by atoms with Crippen molar-refractivity contribution in [3.8, 4) is 0 Å². The number of halogens is 3. The van der Waals surface area contributed by atoms with Gasteiger partial charge in [0.2, 0.25) is 5.91 Å². The van der Waals surface area contributed by atoms with Crippen LogP contribution in [0.25, 0.3) is 0 Å². The first-order chi connectivity index (χ1) is 4.95. The van der Waals surface area contributed by atoms with Gasteiger partial charge < -0.3 is 5.32 Å². The lowest BCUT2D eigenvalue weighted by Gasteiger charge is -1.99. The number of likely N-dealkylation sites (N-methyl/N-ethyl adjacent to an activating group) is 1. The average Bonchev–Trinajstić information content (AvgIpc) is 1.85. The highest BCUT2D eigenvalue weighted by Gasteiger charge is 2.24. The first kappa shape index (κ1) is 10.0. The van der Waals surface area contributed by atoms with Crippen molar-refractivity contribution in [2.75, 3.05) is 7.05 Å². The summed E-state index contributed by atoms with van der Waals surface area (Å²) in [7, 11) is 1.35. The molecular formula is C6H8F3NO. The molecule has 0 atom stereocenters. The van der Waals surface area contributed by atoms with Crippen LogP contribution in [0.3, 0.4) is 0 Å². The van der Waals surface area contributed by atoms with E-state index in [-0.39, 0.29) is 0 Å². The van der Waals surface area contributed by atoms with Gasteiger partial charge in [0.25, 0.3) is 0 Å². The maximum absolute atomic E-state index is 11.4. The molecule has 11 heavy (non-hydrogen) atoms. The summed E-state index contributed by atoms with van der Waals surface area (Å²) in [5, 5.41) is 2.16. The van der Waals surface area contributed by atoms with E-state index in [1.165, 1.54) is 7.05 Å². The SMILES string of the molecule is CNC(=O)C=CCC(F)(F)F.